The second kappa shape index (κ2) is 13.7. The van der Waals surface area contributed by atoms with Gasteiger partial charge in [0.1, 0.15) is 5.75 Å². The van der Waals surface area contributed by atoms with Crippen LogP contribution in [0.15, 0.2) is 91.0 Å². The van der Waals surface area contributed by atoms with E-state index in [0.717, 1.165) is 34.6 Å². The van der Waals surface area contributed by atoms with Gasteiger partial charge in [-0.1, -0.05) is 81.5 Å². The highest BCUT2D eigenvalue weighted by Crippen LogP contribution is 2.29. The van der Waals surface area contributed by atoms with Crippen molar-refractivity contribution in [2.24, 2.45) is 0 Å². The standard InChI is InChI=1S/C34H39NO3/c1-3-4-5-6-7-9-12-27-16-20-30(21-17-27)35-26(2)15-24-32(35)29-18-22-31(23-19-29)38-33(34(36)37)25-28-13-10-8-11-14-28/h8,10-11,13-24,33H,3-7,9,12,25H2,1-2H3,(H,36,37)/t33-/m1/s1. The van der Waals surface area contributed by atoms with Crippen molar-refractivity contribution in [3.63, 3.8) is 0 Å². The Bertz CT molecular complexity index is 1270. The molecule has 0 saturated heterocycles. The highest BCUT2D eigenvalue weighted by atomic mass is 16.5. The zero-order valence-corrected chi connectivity index (χ0v) is 22.6. The van der Waals surface area contributed by atoms with E-state index in [0.29, 0.717) is 12.2 Å². The predicted octanol–water partition coefficient (Wildman–Crippen LogP) is 8.43. The maximum Gasteiger partial charge on any atom is 0.345 e. The van der Waals surface area contributed by atoms with Crippen LogP contribution in [0.2, 0.25) is 0 Å². The molecule has 0 fully saturated rings. The Morgan fingerprint density at radius 2 is 1.47 bits per heavy atom. The summed E-state index contributed by atoms with van der Waals surface area (Å²) in [5.74, 6) is -0.423. The van der Waals surface area contributed by atoms with Gasteiger partial charge in [0.25, 0.3) is 0 Å². The van der Waals surface area contributed by atoms with Crippen LogP contribution in [0.3, 0.4) is 0 Å². The summed E-state index contributed by atoms with van der Waals surface area (Å²) in [5, 5.41) is 9.68. The van der Waals surface area contributed by atoms with E-state index in [9.17, 15) is 9.90 Å². The van der Waals surface area contributed by atoms with Gasteiger partial charge in [0.05, 0.1) is 5.69 Å². The van der Waals surface area contributed by atoms with Crippen LogP contribution in [0.25, 0.3) is 16.9 Å². The van der Waals surface area contributed by atoms with Crippen molar-refractivity contribution in [2.45, 2.75) is 71.3 Å². The minimum Gasteiger partial charge on any atom is -0.478 e. The summed E-state index contributed by atoms with van der Waals surface area (Å²) in [6, 6.07) is 30.4. The zero-order valence-electron chi connectivity index (χ0n) is 22.6. The third-order valence-electron chi connectivity index (χ3n) is 7.06. The zero-order chi connectivity index (χ0) is 26.7. The lowest BCUT2D eigenvalue weighted by atomic mass is 10.0. The topological polar surface area (TPSA) is 51.5 Å². The molecule has 3 aromatic carbocycles. The number of aromatic nitrogens is 1. The first-order valence-corrected chi connectivity index (χ1v) is 13.9. The molecule has 0 amide bonds. The summed E-state index contributed by atoms with van der Waals surface area (Å²) in [5.41, 5.74) is 6.78. The summed E-state index contributed by atoms with van der Waals surface area (Å²) < 4.78 is 8.12. The van der Waals surface area contributed by atoms with Crippen molar-refractivity contribution in [3.8, 4) is 22.7 Å². The van der Waals surface area contributed by atoms with Crippen molar-refractivity contribution in [2.75, 3.05) is 0 Å². The number of rotatable bonds is 14. The van der Waals surface area contributed by atoms with Crippen LogP contribution in [0.5, 0.6) is 5.75 Å². The Hall–Kier alpha value is -3.79. The van der Waals surface area contributed by atoms with Crippen LogP contribution in [-0.2, 0) is 17.6 Å². The van der Waals surface area contributed by atoms with Gasteiger partial charge in [-0.2, -0.15) is 0 Å². The fourth-order valence-corrected chi connectivity index (χ4v) is 4.90. The number of carboxylic acids is 1. The summed E-state index contributed by atoms with van der Waals surface area (Å²) in [4.78, 5) is 11.8. The lowest BCUT2D eigenvalue weighted by Gasteiger charge is -2.16. The molecule has 1 atom stereocenters. The van der Waals surface area contributed by atoms with Gasteiger partial charge in [-0.25, -0.2) is 4.79 Å². The lowest BCUT2D eigenvalue weighted by molar-refractivity contribution is -0.145. The third-order valence-corrected chi connectivity index (χ3v) is 7.06. The van der Waals surface area contributed by atoms with E-state index in [1.807, 2.05) is 54.6 Å². The molecule has 1 N–H and O–H groups in total. The minimum atomic E-state index is -0.970. The molecular formula is C34H39NO3. The maximum atomic E-state index is 11.8. The molecule has 38 heavy (non-hydrogen) atoms. The lowest BCUT2D eigenvalue weighted by Crippen LogP contribution is -2.29. The molecular weight excluding hydrogens is 470 g/mol. The van der Waals surface area contributed by atoms with Gasteiger partial charge in [0, 0.05) is 17.8 Å². The number of benzene rings is 3. The second-order valence-corrected chi connectivity index (χ2v) is 10.0. The van der Waals surface area contributed by atoms with Crippen LogP contribution >= 0.6 is 0 Å². The smallest absolute Gasteiger partial charge is 0.345 e. The monoisotopic (exact) mass is 509 g/mol. The highest BCUT2D eigenvalue weighted by molar-refractivity contribution is 5.73. The number of ether oxygens (including phenoxy) is 1. The molecule has 0 aliphatic carbocycles. The molecule has 4 rings (SSSR count). The summed E-state index contributed by atoms with van der Waals surface area (Å²) in [6.45, 7) is 4.37. The Kier molecular flexibility index (Phi) is 9.80. The molecule has 4 aromatic rings. The third kappa shape index (κ3) is 7.38. The number of unbranched alkanes of at least 4 members (excludes halogenated alkanes) is 5. The van der Waals surface area contributed by atoms with Crippen molar-refractivity contribution in [1.29, 1.82) is 0 Å². The van der Waals surface area contributed by atoms with Crippen LogP contribution in [0, 0.1) is 6.92 Å². The number of nitrogens with zero attached hydrogens (tertiary/aromatic N) is 1. The molecule has 4 nitrogen and oxygen atoms in total. The number of aliphatic carboxylic acids is 1. The Morgan fingerprint density at radius 1 is 0.789 bits per heavy atom. The van der Waals surface area contributed by atoms with Crippen LogP contribution < -0.4 is 4.74 Å². The first-order valence-electron chi connectivity index (χ1n) is 13.9. The molecule has 0 aliphatic heterocycles. The summed E-state index contributed by atoms with van der Waals surface area (Å²) in [7, 11) is 0. The second-order valence-electron chi connectivity index (χ2n) is 10.0. The molecule has 1 aromatic heterocycles. The van der Waals surface area contributed by atoms with Crippen LogP contribution in [-0.4, -0.2) is 21.7 Å². The van der Waals surface area contributed by atoms with Gasteiger partial charge >= 0.3 is 5.97 Å². The van der Waals surface area contributed by atoms with Crippen LogP contribution in [0.1, 0.15) is 62.3 Å². The molecule has 0 aliphatic rings. The van der Waals surface area contributed by atoms with Gasteiger partial charge in [0.2, 0.25) is 0 Å². The quantitative estimate of drug-likeness (QED) is 0.174. The van der Waals surface area contributed by atoms with E-state index in [-0.39, 0.29) is 0 Å². The number of hydrogen-bond acceptors (Lipinski definition) is 2. The molecule has 0 unspecified atom stereocenters. The number of hydrogen-bond donors (Lipinski definition) is 1. The van der Waals surface area contributed by atoms with Crippen LogP contribution in [0.4, 0.5) is 0 Å². The number of carbonyl (C=O) groups is 1. The largest absolute Gasteiger partial charge is 0.478 e. The molecule has 0 bridgehead atoms. The Labute approximate surface area is 226 Å². The van der Waals surface area contributed by atoms with E-state index < -0.39 is 12.1 Å². The Balaban J connectivity index is 1.42. The van der Waals surface area contributed by atoms with Crippen molar-refractivity contribution < 1.29 is 14.6 Å². The normalized spacial score (nSPS) is 11.8. The van der Waals surface area contributed by atoms with Gasteiger partial charge in [-0.15, -0.1) is 0 Å². The fourth-order valence-electron chi connectivity index (χ4n) is 4.90. The first kappa shape index (κ1) is 27.3. The molecule has 1 heterocycles. The van der Waals surface area contributed by atoms with Gasteiger partial charge in [-0.05, 0) is 85.0 Å². The number of carboxylic acid groups (broad SMARTS) is 1. The first-order chi connectivity index (χ1) is 18.5. The molecule has 0 radical (unpaired) electrons. The summed E-state index contributed by atoms with van der Waals surface area (Å²) >= 11 is 0. The SMILES string of the molecule is CCCCCCCCc1ccc(-n2c(C)ccc2-c2ccc(O[C@H](Cc3ccccc3)C(=O)O)cc2)cc1. The van der Waals surface area contributed by atoms with E-state index in [2.05, 4.69) is 54.8 Å². The van der Waals surface area contributed by atoms with Crippen molar-refractivity contribution in [3.05, 3.63) is 108 Å². The fraction of sp³-hybridized carbons (Fsp3) is 0.324. The number of aryl methyl sites for hydroxylation is 2. The molecule has 198 valence electrons. The average molecular weight is 510 g/mol. The van der Waals surface area contributed by atoms with Gasteiger partial charge < -0.3 is 14.4 Å². The van der Waals surface area contributed by atoms with E-state index >= 15 is 0 Å². The van der Waals surface area contributed by atoms with Crippen molar-refractivity contribution >= 4 is 5.97 Å². The summed E-state index contributed by atoms with van der Waals surface area (Å²) in [6.07, 6.45) is 8.39. The average Bonchev–Trinajstić information content (AvgIpc) is 3.32. The molecule has 4 heteroatoms. The predicted molar refractivity (Wildman–Crippen MR) is 155 cm³/mol. The highest BCUT2D eigenvalue weighted by Gasteiger charge is 2.20. The van der Waals surface area contributed by atoms with Gasteiger partial charge in [-0.3, -0.25) is 0 Å². The Morgan fingerprint density at radius 3 is 2.16 bits per heavy atom. The molecule has 0 saturated carbocycles. The van der Waals surface area contributed by atoms with Gasteiger partial charge in [0.15, 0.2) is 6.10 Å². The van der Waals surface area contributed by atoms with Crippen molar-refractivity contribution in [1.82, 2.24) is 4.57 Å². The maximum absolute atomic E-state index is 11.8. The van der Waals surface area contributed by atoms with E-state index in [1.54, 1.807) is 0 Å². The molecule has 0 spiro atoms. The van der Waals surface area contributed by atoms with E-state index in [1.165, 1.54) is 44.1 Å². The minimum absolute atomic E-state index is 0.314. The van der Waals surface area contributed by atoms with E-state index in [4.69, 9.17) is 4.74 Å².